The Morgan fingerprint density at radius 3 is 2.00 bits per heavy atom. The Balaban J connectivity index is 1.50. The monoisotopic (exact) mass is 387 g/mol. The van der Waals surface area contributed by atoms with E-state index >= 15 is 0 Å². The van der Waals surface area contributed by atoms with Crippen LogP contribution in [0.1, 0.15) is 56.4 Å². The molecule has 0 saturated heterocycles. The van der Waals surface area contributed by atoms with Crippen molar-refractivity contribution >= 4 is 0 Å². The third-order valence-electron chi connectivity index (χ3n) is 5.37. The summed E-state index contributed by atoms with van der Waals surface area (Å²) in [5, 5.41) is 0. The summed E-state index contributed by atoms with van der Waals surface area (Å²) in [6.07, 6.45) is 9.97. The van der Waals surface area contributed by atoms with Gasteiger partial charge in [-0.15, -0.1) is 0 Å². The first-order valence-corrected chi connectivity index (χ1v) is 11.0. The summed E-state index contributed by atoms with van der Waals surface area (Å²) in [5.41, 5.74) is 6.28. The summed E-state index contributed by atoms with van der Waals surface area (Å²) in [4.78, 5) is 4.56. The van der Waals surface area contributed by atoms with Gasteiger partial charge < -0.3 is 4.74 Å². The van der Waals surface area contributed by atoms with Gasteiger partial charge in [-0.1, -0.05) is 75.6 Å². The highest BCUT2D eigenvalue weighted by atomic mass is 16.5. The number of benzene rings is 2. The molecule has 0 radical (unpaired) electrons. The van der Waals surface area contributed by atoms with Crippen molar-refractivity contribution in [3.8, 4) is 16.9 Å². The number of hydrogen-bond acceptors (Lipinski definition) is 2. The molecule has 1 heterocycles. The molecule has 0 N–H and O–H groups in total. The van der Waals surface area contributed by atoms with E-state index in [9.17, 15) is 0 Å². The van der Waals surface area contributed by atoms with E-state index in [0.29, 0.717) is 0 Å². The highest BCUT2D eigenvalue weighted by Crippen LogP contribution is 2.23. The molecule has 0 aliphatic rings. The molecule has 1 aromatic heterocycles. The zero-order valence-electron chi connectivity index (χ0n) is 17.9. The van der Waals surface area contributed by atoms with Crippen LogP contribution in [-0.2, 0) is 19.3 Å². The standard InChI is InChI=1S/C27H33NO/c1-3-5-6-7-20-29-27-18-14-25(15-19-27)24-12-8-23(9-13-24)11-17-26-16-10-22(4-2)21-28-26/h8-10,12-16,18-19,21H,3-7,11,17,20H2,1-2H3. The Morgan fingerprint density at radius 2 is 1.38 bits per heavy atom. The van der Waals surface area contributed by atoms with Crippen LogP contribution in [0.5, 0.6) is 5.75 Å². The predicted molar refractivity (Wildman–Crippen MR) is 123 cm³/mol. The predicted octanol–water partition coefficient (Wildman–Crippen LogP) is 7.06. The van der Waals surface area contributed by atoms with E-state index in [-0.39, 0.29) is 0 Å². The molecule has 0 amide bonds. The van der Waals surface area contributed by atoms with Crippen LogP contribution in [0.15, 0.2) is 66.9 Å². The van der Waals surface area contributed by atoms with Crippen molar-refractivity contribution in [2.45, 2.75) is 58.8 Å². The number of ether oxygens (including phenoxy) is 1. The van der Waals surface area contributed by atoms with E-state index in [2.05, 4.69) is 79.5 Å². The van der Waals surface area contributed by atoms with Crippen molar-refractivity contribution in [3.63, 3.8) is 0 Å². The summed E-state index contributed by atoms with van der Waals surface area (Å²) < 4.78 is 5.85. The molecule has 0 aliphatic carbocycles. The normalized spacial score (nSPS) is 10.8. The molecule has 152 valence electrons. The van der Waals surface area contributed by atoms with E-state index in [1.165, 1.54) is 41.5 Å². The van der Waals surface area contributed by atoms with Gasteiger partial charge in [0.15, 0.2) is 0 Å². The molecule has 2 nitrogen and oxygen atoms in total. The average molecular weight is 388 g/mol. The minimum absolute atomic E-state index is 0.810. The highest BCUT2D eigenvalue weighted by molar-refractivity contribution is 5.64. The van der Waals surface area contributed by atoms with Gasteiger partial charge in [-0.3, -0.25) is 4.98 Å². The smallest absolute Gasteiger partial charge is 0.119 e. The molecular weight excluding hydrogens is 354 g/mol. The molecule has 0 fully saturated rings. The molecular formula is C27H33NO. The first kappa shape index (κ1) is 21.1. The molecule has 3 aromatic rings. The Kier molecular flexibility index (Phi) is 8.30. The van der Waals surface area contributed by atoms with Crippen molar-refractivity contribution in [2.24, 2.45) is 0 Å². The summed E-state index contributed by atoms with van der Waals surface area (Å²) in [6, 6.07) is 21.7. The second-order valence-corrected chi connectivity index (χ2v) is 7.64. The van der Waals surface area contributed by atoms with Crippen LogP contribution in [0.25, 0.3) is 11.1 Å². The lowest BCUT2D eigenvalue weighted by atomic mass is 10.0. The van der Waals surface area contributed by atoms with Gasteiger partial charge in [0.25, 0.3) is 0 Å². The molecule has 2 heteroatoms. The van der Waals surface area contributed by atoms with Crippen LogP contribution in [0.4, 0.5) is 0 Å². The second-order valence-electron chi connectivity index (χ2n) is 7.64. The van der Waals surface area contributed by atoms with Crippen molar-refractivity contribution in [3.05, 3.63) is 83.7 Å². The van der Waals surface area contributed by atoms with E-state index < -0.39 is 0 Å². The fourth-order valence-corrected chi connectivity index (χ4v) is 3.41. The van der Waals surface area contributed by atoms with Gasteiger partial charge in [-0.25, -0.2) is 0 Å². The zero-order valence-corrected chi connectivity index (χ0v) is 17.9. The van der Waals surface area contributed by atoms with Gasteiger partial charge in [0.2, 0.25) is 0 Å². The molecule has 0 bridgehead atoms. The van der Waals surface area contributed by atoms with Crippen LogP contribution >= 0.6 is 0 Å². The summed E-state index contributed by atoms with van der Waals surface area (Å²) in [7, 11) is 0. The fraction of sp³-hybridized carbons (Fsp3) is 0.370. The van der Waals surface area contributed by atoms with Crippen molar-refractivity contribution in [1.29, 1.82) is 0 Å². The lowest BCUT2D eigenvalue weighted by Crippen LogP contribution is -1.97. The van der Waals surface area contributed by atoms with Crippen LogP contribution in [-0.4, -0.2) is 11.6 Å². The van der Waals surface area contributed by atoms with Crippen LogP contribution in [0, 0.1) is 0 Å². The zero-order chi connectivity index (χ0) is 20.3. The lowest BCUT2D eigenvalue weighted by molar-refractivity contribution is 0.305. The Labute approximate surface area is 176 Å². The summed E-state index contributed by atoms with van der Waals surface area (Å²) in [5.74, 6) is 0.962. The average Bonchev–Trinajstić information content (AvgIpc) is 2.79. The molecule has 0 saturated carbocycles. The molecule has 0 aliphatic heterocycles. The van der Waals surface area contributed by atoms with Crippen molar-refractivity contribution in [2.75, 3.05) is 6.61 Å². The maximum atomic E-state index is 5.85. The number of rotatable bonds is 11. The summed E-state index contributed by atoms with van der Waals surface area (Å²) in [6.45, 7) is 5.20. The number of aryl methyl sites for hydroxylation is 3. The minimum Gasteiger partial charge on any atom is -0.494 e. The fourth-order valence-electron chi connectivity index (χ4n) is 3.41. The van der Waals surface area contributed by atoms with Gasteiger partial charge in [-0.05, 0) is 66.1 Å². The Bertz CT molecular complexity index is 835. The van der Waals surface area contributed by atoms with Crippen LogP contribution in [0.2, 0.25) is 0 Å². The van der Waals surface area contributed by atoms with E-state index in [0.717, 1.165) is 43.7 Å². The van der Waals surface area contributed by atoms with Crippen LogP contribution in [0.3, 0.4) is 0 Å². The number of pyridine rings is 1. The first-order valence-electron chi connectivity index (χ1n) is 11.0. The summed E-state index contributed by atoms with van der Waals surface area (Å²) >= 11 is 0. The van der Waals surface area contributed by atoms with Gasteiger partial charge in [-0.2, -0.15) is 0 Å². The molecule has 0 spiro atoms. The van der Waals surface area contributed by atoms with Gasteiger partial charge in [0.05, 0.1) is 6.61 Å². The van der Waals surface area contributed by atoms with Gasteiger partial charge in [0, 0.05) is 11.9 Å². The first-order chi connectivity index (χ1) is 14.3. The number of unbranched alkanes of at least 4 members (excludes halogenated alkanes) is 3. The van der Waals surface area contributed by atoms with Gasteiger partial charge in [0.1, 0.15) is 5.75 Å². The molecule has 0 unspecified atom stereocenters. The maximum Gasteiger partial charge on any atom is 0.119 e. The van der Waals surface area contributed by atoms with E-state index in [1.807, 2.05) is 6.20 Å². The third kappa shape index (κ3) is 6.74. The molecule has 2 aromatic carbocycles. The third-order valence-corrected chi connectivity index (χ3v) is 5.37. The topological polar surface area (TPSA) is 22.1 Å². The van der Waals surface area contributed by atoms with E-state index in [1.54, 1.807) is 0 Å². The molecule has 29 heavy (non-hydrogen) atoms. The van der Waals surface area contributed by atoms with Crippen molar-refractivity contribution in [1.82, 2.24) is 4.98 Å². The lowest BCUT2D eigenvalue weighted by Gasteiger charge is -2.08. The Morgan fingerprint density at radius 1 is 0.690 bits per heavy atom. The van der Waals surface area contributed by atoms with Gasteiger partial charge >= 0.3 is 0 Å². The SMILES string of the molecule is CCCCCCOc1ccc(-c2ccc(CCc3ccc(CC)cn3)cc2)cc1. The highest BCUT2D eigenvalue weighted by Gasteiger charge is 2.02. The van der Waals surface area contributed by atoms with Crippen molar-refractivity contribution < 1.29 is 4.74 Å². The van der Waals surface area contributed by atoms with E-state index in [4.69, 9.17) is 4.74 Å². The van der Waals surface area contributed by atoms with Crippen LogP contribution < -0.4 is 4.74 Å². The number of hydrogen-bond donors (Lipinski definition) is 0. The maximum absolute atomic E-state index is 5.85. The molecule has 0 atom stereocenters. The second kappa shape index (κ2) is 11.4. The number of aromatic nitrogens is 1. The largest absolute Gasteiger partial charge is 0.494 e. The number of nitrogens with zero attached hydrogens (tertiary/aromatic N) is 1. The minimum atomic E-state index is 0.810. The quantitative estimate of drug-likeness (QED) is 0.329. The molecule has 3 rings (SSSR count). The Hall–Kier alpha value is -2.61.